The monoisotopic (exact) mass is 224 g/mol. The van der Waals surface area contributed by atoms with Gasteiger partial charge in [-0.05, 0) is 0 Å². The SMILES string of the molecule is Nc1cnc(NCC(F)(F)C(F)F)cn1. The minimum atomic E-state index is -4.09. The quantitative estimate of drug-likeness (QED) is 0.758. The second kappa shape index (κ2) is 4.28. The first kappa shape index (κ1) is 11.5. The van der Waals surface area contributed by atoms with E-state index in [0.717, 1.165) is 12.4 Å². The van der Waals surface area contributed by atoms with E-state index in [1.165, 1.54) is 0 Å². The Balaban J connectivity index is 2.54. The number of anilines is 2. The van der Waals surface area contributed by atoms with E-state index < -0.39 is 18.9 Å². The van der Waals surface area contributed by atoms with Gasteiger partial charge in [0.1, 0.15) is 11.6 Å². The molecular formula is C7H8F4N4. The third kappa shape index (κ3) is 3.22. The van der Waals surface area contributed by atoms with E-state index in [4.69, 9.17) is 5.73 Å². The largest absolute Gasteiger partial charge is 0.382 e. The second-order valence-electron chi connectivity index (χ2n) is 2.74. The molecule has 0 radical (unpaired) electrons. The van der Waals surface area contributed by atoms with Crippen molar-refractivity contribution in [3.05, 3.63) is 12.4 Å². The van der Waals surface area contributed by atoms with E-state index in [1.54, 1.807) is 0 Å². The van der Waals surface area contributed by atoms with Crippen molar-refractivity contribution in [2.75, 3.05) is 17.6 Å². The van der Waals surface area contributed by atoms with Gasteiger partial charge in [0.25, 0.3) is 0 Å². The molecule has 0 saturated heterocycles. The molecule has 1 aromatic heterocycles. The van der Waals surface area contributed by atoms with Gasteiger partial charge in [-0.3, -0.25) is 0 Å². The Hall–Kier alpha value is -1.60. The van der Waals surface area contributed by atoms with Crippen LogP contribution in [0.2, 0.25) is 0 Å². The van der Waals surface area contributed by atoms with Gasteiger partial charge < -0.3 is 11.1 Å². The van der Waals surface area contributed by atoms with E-state index in [-0.39, 0.29) is 11.6 Å². The highest BCUT2D eigenvalue weighted by molar-refractivity contribution is 5.36. The van der Waals surface area contributed by atoms with Crippen LogP contribution < -0.4 is 11.1 Å². The maximum absolute atomic E-state index is 12.4. The zero-order valence-electron chi connectivity index (χ0n) is 7.42. The van der Waals surface area contributed by atoms with Crippen LogP contribution >= 0.6 is 0 Å². The summed E-state index contributed by atoms with van der Waals surface area (Å²) in [5, 5.41) is 2.03. The number of rotatable bonds is 4. The van der Waals surface area contributed by atoms with Gasteiger partial charge in [0, 0.05) is 0 Å². The van der Waals surface area contributed by atoms with Crippen LogP contribution in [0.25, 0.3) is 0 Å². The molecule has 0 bridgehead atoms. The van der Waals surface area contributed by atoms with Crippen molar-refractivity contribution in [2.24, 2.45) is 0 Å². The Morgan fingerprint density at radius 1 is 1.33 bits per heavy atom. The minimum absolute atomic E-state index is 0.0375. The molecule has 15 heavy (non-hydrogen) atoms. The zero-order chi connectivity index (χ0) is 11.5. The van der Waals surface area contributed by atoms with E-state index in [0.29, 0.717) is 0 Å². The maximum atomic E-state index is 12.4. The lowest BCUT2D eigenvalue weighted by Crippen LogP contribution is -2.35. The molecule has 0 spiro atoms. The van der Waals surface area contributed by atoms with Gasteiger partial charge in [-0.15, -0.1) is 0 Å². The average Bonchev–Trinajstić information content (AvgIpc) is 2.17. The molecule has 0 fully saturated rings. The fraction of sp³-hybridized carbons (Fsp3) is 0.429. The molecule has 0 aliphatic carbocycles. The number of nitrogens with two attached hydrogens (primary N) is 1. The summed E-state index contributed by atoms with van der Waals surface area (Å²) in [6.45, 7) is -1.21. The van der Waals surface area contributed by atoms with Crippen molar-refractivity contribution in [3.8, 4) is 0 Å². The summed E-state index contributed by atoms with van der Waals surface area (Å²) in [5.74, 6) is -4.02. The van der Waals surface area contributed by atoms with Crippen LogP contribution in [-0.4, -0.2) is 28.9 Å². The van der Waals surface area contributed by atoms with Crippen LogP contribution in [0.4, 0.5) is 29.2 Å². The molecule has 1 heterocycles. The molecule has 8 heteroatoms. The van der Waals surface area contributed by atoms with Crippen LogP contribution in [0, 0.1) is 0 Å². The lowest BCUT2D eigenvalue weighted by molar-refractivity contribution is -0.117. The van der Waals surface area contributed by atoms with Gasteiger partial charge >= 0.3 is 12.3 Å². The molecule has 0 aromatic carbocycles. The number of hydrogen-bond donors (Lipinski definition) is 2. The van der Waals surface area contributed by atoms with E-state index in [9.17, 15) is 17.6 Å². The highest BCUT2D eigenvalue weighted by Gasteiger charge is 2.40. The van der Waals surface area contributed by atoms with Crippen molar-refractivity contribution in [2.45, 2.75) is 12.3 Å². The topological polar surface area (TPSA) is 63.8 Å². The Kier molecular flexibility index (Phi) is 3.28. The molecule has 0 saturated carbocycles. The molecule has 0 atom stereocenters. The molecule has 4 nitrogen and oxygen atoms in total. The minimum Gasteiger partial charge on any atom is -0.382 e. The predicted octanol–water partition coefficient (Wildman–Crippen LogP) is 1.37. The van der Waals surface area contributed by atoms with Crippen LogP contribution in [0.3, 0.4) is 0 Å². The number of nitrogens with zero attached hydrogens (tertiary/aromatic N) is 2. The van der Waals surface area contributed by atoms with Crippen molar-refractivity contribution in [3.63, 3.8) is 0 Å². The molecule has 0 amide bonds. The number of nitrogen functional groups attached to an aromatic ring is 1. The summed E-state index contributed by atoms with van der Waals surface area (Å²) in [4.78, 5) is 7.11. The molecule has 84 valence electrons. The van der Waals surface area contributed by atoms with Crippen molar-refractivity contribution in [1.82, 2.24) is 9.97 Å². The normalized spacial score (nSPS) is 11.8. The fourth-order valence-electron chi connectivity index (χ4n) is 0.715. The van der Waals surface area contributed by atoms with Crippen molar-refractivity contribution < 1.29 is 17.6 Å². The highest BCUT2D eigenvalue weighted by Crippen LogP contribution is 2.22. The molecule has 1 aromatic rings. The first-order chi connectivity index (χ1) is 6.92. The second-order valence-corrected chi connectivity index (χ2v) is 2.74. The summed E-state index contributed by atoms with van der Waals surface area (Å²) in [6.07, 6.45) is -1.51. The van der Waals surface area contributed by atoms with Crippen LogP contribution in [0.15, 0.2) is 12.4 Å². The molecule has 3 N–H and O–H groups in total. The van der Waals surface area contributed by atoms with E-state index >= 15 is 0 Å². The molecular weight excluding hydrogens is 216 g/mol. The molecule has 1 rings (SSSR count). The van der Waals surface area contributed by atoms with Gasteiger partial charge in [-0.2, -0.15) is 8.78 Å². The van der Waals surface area contributed by atoms with Crippen molar-refractivity contribution >= 4 is 11.6 Å². The molecule has 0 aliphatic rings. The predicted molar refractivity (Wildman–Crippen MR) is 45.9 cm³/mol. The smallest absolute Gasteiger partial charge is 0.324 e. The first-order valence-electron chi connectivity index (χ1n) is 3.89. The van der Waals surface area contributed by atoms with Crippen LogP contribution in [0.1, 0.15) is 0 Å². The fourth-order valence-corrected chi connectivity index (χ4v) is 0.715. The third-order valence-corrected chi connectivity index (χ3v) is 1.50. The van der Waals surface area contributed by atoms with E-state index in [1.807, 2.05) is 5.32 Å². The lowest BCUT2D eigenvalue weighted by atomic mass is 10.3. The maximum Gasteiger partial charge on any atom is 0.324 e. The Morgan fingerprint density at radius 2 is 2.00 bits per heavy atom. The molecule has 0 unspecified atom stereocenters. The summed E-state index contributed by atoms with van der Waals surface area (Å²) in [5.41, 5.74) is 5.19. The number of nitrogens with one attached hydrogen (secondary N) is 1. The average molecular weight is 224 g/mol. The summed E-state index contributed by atoms with van der Waals surface area (Å²) >= 11 is 0. The first-order valence-corrected chi connectivity index (χ1v) is 3.89. The van der Waals surface area contributed by atoms with Crippen LogP contribution in [-0.2, 0) is 0 Å². The standard InChI is InChI=1S/C7H8F4N4/c8-6(9)7(10,11)3-15-5-2-13-4(12)1-14-5/h1-2,6H,3H2,(H2,12,13)(H,14,15). The highest BCUT2D eigenvalue weighted by atomic mass is 19.3. The van der Waals surface area contributed by atoms with Gasteiger partial charge in [-0.1, -0.05) is 0 Å². The van der Waals surface area contributed by atoms with Gasteiger partial charge in [0.05, 0.1) is 18.9 Å². The third-order valence-electron chi connectivity index (χ3n) is 1.50. The van der Waals surface area contributed by atoms with Crippen LogP contribution in [0.5, 0.6) is 0 Å². The van der Waals surface area contributed by atoms with Gasteiger partial charge in [0.2, 0.25) is 0 Å². The summed E-state index contributed by atoms with van der Waals surface area (Å²) in [6, 6.07) is 0. The molecule has 0 aliphatic heterocycles. The van der Waals surface area contributed by atoms with Crippen molar-refractivity contribution in [1.29, 1.82) is 0 Å². The Bertz CT molecular complexity index is 313. The summed E-state index contributed by atoms with van der Waals surface area (Å²) in [7, 11) is 0. The lowest BCUT2D eigenvalue weighted by Gasteiger charge is -2.15. The number of aromatic nitrogens is 2. The number of halogens is 4. The zero-order valence-corrected chi connectivity index (χ0v) is 7.42. The van der Waals surface area contributed by atoms with Gasteiger partial charge in [-0.25, -0.2) is 18.7 Å². The van der Waals surface area contributed by atoms with E-state index in [2.05, 4.69) is 9.97 Å². The number of alkyl halides is 4. The number of hydrogen-bond acceptors (Lipinski definition) is 4. The van der Waals surface area contributed by atoms with Gasteiger partial charge in [0.15, 0.2) is 0 Å². The Labute approximate surface area is 82.5 Å². The Morgan fingerprint density at radius 3 is 2.47 bits per heavy atom. The summed E-state index contributed by atoms with van der Waals surface area (Å²) < 4.78 is 48.3.